The van der Waals surface area contributed by atoms with E-state index >= 15 is 0 Å². The number of ether oxygens (including phenoxy) is 2. The molecule has 0 saturated heterocycles. The first-order chi connectivity index (χ1) is 18.9. The monoisotopic (exact) mass is 539 g/mol. The van der Waals surface area contributed by atoms with E-state index in [4.69, 9.17) is 19.6 Å². The summed E-state index contributed by atoms with van der Waals surface area (Å²) >= 11 is 1.54. The molecule has 0 atom stereocenters. The summed E-state index contributed by atoms with van der Waals surface area (Å²) in [6.07, 6.45) is 0. The number of aryl methyl sites for hydroxylation is 2. The maximum Gasteiger partial charge on any atom is 0.341 e. The van der Waals surface area contributed by atoms with Crippen molar-refractivity contribution in [2.24, 2.45) is 0 Å². The maximum atomic E-state index is 14.0. The highest BCUT2D eigenvalue weighted by atomic mass is 32.1. The Hall–Kier alpha value is -4.49. The van der Waals surface area contributed by atoms with Gasteiger partial charge in [0, 0.05) is 5.56 Å². The van der Waals surface area contributed by atoms with E-state index in [0.29, 0.717) is 17.1 Å². The van der Waals surface area contributed by atoms with Crippen LogP contribution in [0.1, 0.15) is 16.1 Å². The number of thiazole rings is 1. The van der Waals surface area contributed by atoms with E-state index in [9.17, 15) is 9.18 Å². The molecule has 196 valence electrons. The van der Waals surface area contributed by atoms with E-state index in [1.807, 2.05) is 31.2 Å². The van der Waals surface area contributed by atoms with Crippen LogP contribution in [0.15, 0.2) is 91.0 Å². The zero-order chi connectivity index (χ0) is 27.4. The third-order valence-corrected chi connectivity index (χ3v) is 7.29. The molecule has 5 aromatic rings. The van der Waals surface area contributed by atoms with Gasteiger partial charge in [-0.2, -0.15) is 0 Å². The van der Waals surface area contributed by atoms with Gasteiger partial charge < -0.3 is 14.6 Å². The number of halogens is 1. The normalized spacial score (nSPS) is 10.8. The van der Waals surface area contributed by atoms with Crippen molar-refractivity contribution in [3.05, 3.63) is 113 Å². The van der Waals surface area contributed by atoms with Crippen LogP contribution in [0.3, 0.4) is 0 Å². The fraction of sp³-hybridized carbons (Fsp3) is 0.125. The van der Waals surface area contributed by atoms with Crippen molar-refractivity contribution >= 4 is 17.3 Å². The molecule has 0 unspecified atom stereocenters. The molecule has 0 aliphatic rings. The number of aliphatic carboxylic acids is 1. The van der Waals surface area contributed by atoms with Crippen LogP contribution < -0.4 is 9.47 Å². The number of carbonyl (C=O) groups is 1. The van der Waals surface area contributed by atoms with Crippen molar-refractivity contribution in [3.63, 3.8) is 0 Å². The van der Waals surface area contributed by atoms with Crippen LogP contribution in [0.25, 0.3) is 32.8 Å². The van der Waals surface area contributed by atoms with Gasteiger partial charge in [0.1, 0.15) is 28.9 Å². The Labute approximate surface area is 230 Å². The highest BCUT2D eigenvalue weighted by Crippen LogP contribution is 2.38. The van der Waals surface area contributed by atoms with Crippen LogP contribution in [0.2, 0.25) is 0 Å². The van der Waals surface area contributed by atoms with Crippen molar-refractivity contribution in [1.29, 1.82) is 0 Å². The number of hydrogen-bond donors (Lipinski definition) is 1. The van der Waals surface area contributed by atoms with E-state index in [1.54, 1.807) is 31.2 Å². The predicted octanol–water partition coefficient (Wildman–Crippen LogP) is 7.94. The van der Waals surface area contributed by atoms with E-state index in [0.717, 1.165) is 43.4 Å². The van der Waals surface area contributed by atoms with Gasteiger partial charge in [-0.05, 0) is 78.1 Å². The lowest BCUT2D eigenvalue weighted by Crippen LogP contribution is -2.10. The highest BCUT2D eigenvalue weighted by molar-refractivity contribution is 7.15. The Kier molecular flexibility index (Phi) is 7.70. The molecular weight excluding hydrogens is 513 g/mol. The van der Waals surface area contributed by atoms with E-state index in [-0.39, 0.29) is 12.4 Å². The molecule has 0 spiro atoms. The Morgan fingerprint density at radius 3 is 2.21 bits per heavy atom. The second-order valence-electron chi connectivity index (χ2n) is 9.09. The Bertz CT molecular complexity index is 1610. The number of aromatic nitrogens is 1. The number of benzene rings is 4. The largest absolute Gasteiger partial charge is 0.486 e. The summed E-state index contributed by atoms with van der Waals surface area (Å²) in [6, 6.07) is 28.8. The minimum atomic E-state index is -1.03. The average molecular weight is 540 g/mol. The fourth-order valence-electron chi connectivity index (χ4n) is 4.21. The van der Waals surface area contributed by atoms with Gasteiger partial charge in [-0.25, -0.2) is 14.2 Å². The molecular formula is C32H26FNO4S. The lowest BCUT2D eigenvalue weighted by molar-refractivity contribution is -0.139. The number of rotatable bonds is 9. The van der Waals surface area contributed by atoms with Gasteiger partial charge in [0.25, 0.3) is 0 Å². The summed E-state index contributed by atoms with van der Waals surface area (Å²) in [5.41, 5.74) is 6.24. The minimum Gasteiger partial charge on any atom is -0.486 e. The molecule has 0 fully saturated rings. The van der Waals surface area contributed by atoms with Gasteiger partial charge in [-0.3, -0.25) is 0 Å². The van der Waals surface area contributed by atoms with Crippen LogP contribution >= 0.6 is 11.3 Å². The van der Waals surface area contributed by atoms with E-state index < -0.39 is 12.6 Å². The molecule has 0 amide bonds. The summed E-state index contributed by atoms with van der Waals surface area (Å²) in [6.45, 7) is 3.42. The van der Waals surface area contributed by atoms with Crippen molar-refractivity contribution in [1.82, 2.24) is 4.98 Å². The van der Waals surface area contributed by atoms with Gasteiger partial charge in [0.2, 0.25) is 0 Å². The molecule has 0 aliphatic heterocycles. The second-order valence-corrected chi connectivity index (χ2v) is 10.2. The van der Waals surface area contributed by atoms with Crippen LogP contribution in [-0.4, -0.2) is 22.7 Å². The van der Waals surface area contributed by atoms with Crippen LogP contribution in [-0.2, 0) is 11.4 Å². The molecule has 5 rings (SSSR count). The zero-order valence-electron chi connectivity index (χ0n) is 21.5. The zero-order valence-corrected chi connectivity index (χ0v) is 22.3. The summed E-state index contributed by atoms with van der Waals surface area (Å²) in [5, 5.41) is 9.62. The molecule has 5 nitrogen and oxygen atoms in total. The standard InChI is InChI=1S/C32H26FNO4S/c1-20-16-25(12-14-27(20)33)31-32(24-10-8-23(9-11-24)22-6-4-3-5-7-22)39-29(34-31)18-37-26-13-15-28(21(2)17-26)38-19-30(35)36/h3-17H,18-19H2,1-2H3,(H,35,36). The SMILES string of the molecule is Cc1cc(-c2nc(COc3ccc(OCC(=O)O)c(C)c3)sc2-c2ccc(-c3ccccc3)cc2)ccc1F. The molecule has 0 radical (unpaired) electrons. The molecule has 0 bridgehead atoms. The summed E-state index contributed by atoms with van der Waals surface area (Å²) in [4.78, 5) is 16.7. The first kappa shape index (κ1) is 26.1. The van der Waals surface area contributed by atoms with Crippen molar-refractivity contribution in [3.8, 4) is 44.3 Å². The summed E-state index contributed by atoms with van der Waals surface area (Å²) in [7, 11) is 0. The van der Waals surface area contributed by atoms with Gasteiger partial charge in [0.05, 0.1) is 10.6 Å². The Balaban J connectivity index is 1.42. The Morgan fingerprint density at radius 2 is 1.51 bits per heavy atom. The second kappa shape index (κ2) is 11.5. The van der Waals surface area contributed by atoms with Gasteiger partial charge in [0.15, 0.2) is 6.61 Å². The van der Waals surface area contributed by atoms with E-state index in [1.165, 1.54) is 17.4 Å². The van der Waals surface area contributed by atoms with Crippen LogP contribution in [0.5, 0.6) is 11.5 Å². The van der Waals surface area contributed by atoms with Gasteiger partial charge in [-0.15, -0.1) is 11.3 Å². The topological polar surface area (TPSA) is 68.7 Å². The van der Waals surface area contributed by atoms with Crippen LogP contribution in [0, 0.1) is 19.7 Å². The lowest BCUT2D eigenvalue weighted by atomic mass is 10.0. The highest BCUT2D eigenvalue weighted by Gasteiger charge is 2.17. The molecule has 0 aliphatic carbocycles. The lowest BCUT2D eigenvalue weighted by Gasteiger charge is -2.09. The van der Waals surface area contributed by atoms with Crippen LogP contribution in [0.4, 0.5) is 4.39 Å². The molecule has 4 aromatic carbocycles. The molecule has 1 N–H and O–H groups in total. The maximum absolute atomic E-state index is 14.0. The first-order valence-corrected chi connectivity index (χ1v) is 13.2. The quantitative estimate of drug-likeness (QED) is 0.206. The smallest absolute Gasteiger partial charge is 0.341 e. The summed E-state index contributed by atoms with van der Waals surface area (Å²) in [5.74, 6) is -0.166. The Morgan fingerprint density at radius 1 is 0.821 bits per heavy atom. The fourth-order valence-corrected chi connectivity index (χ4v) is 5.22. The minimum absolute atomic E-state index is 0.245. The molecule has 7 heteroatoms. The van der Waals surface area contributed by atoms with Crippen molar-refractivity contribution < 1.29 is 23.8 Å². The van der Waals surface area contributed by atoms with Crippen molar-refractivity contribution in [2.45, 2.75) is 20.5 Å². The molecule has 39 heavy (non-hydrogen) atoms. The first-order valence-electron chi connectivity index (χ1n) is 12.4. The number of nitrogens with zero attached hydrogens (tertiary/aromatic N) is 1. The number of carboxylic acids is 1. The molecule has 1 aromatic heterocycles. The molecule has 1 heterocycles. The summed E-state index contributed by atoms with van der Waals surface area (Å²) < 4.78 is 25.4. The van der Waals surface area contributed by atoms with Gasteiger partial charge >= 0.3 is 5.97 Å². The van der Waals surface area contributed by atoms with Gasteiger partial charge in [-0.1, -0.05) is 54.6 Å². The predicted molar refractivity (Wildman–Crippen MR) is 152 cm³/mol. The third kappa shape index (κ3) is 6.16. The molecule has 0 saturated carbocycles. The van der Waals surface area contributed by atoms with E-state index in [2.05, 4.69) is 36.4 Å². The third-order valence-electron chi connectivity index (χ3n) is 6.22. The van der Waals surface area contributed by atoms with Crippen molar-refractivity contribution in [2.75, 3.05) is 6.61 Å². The number of carboxylic acid groups (broad SMARTS) is 1. The number of hydrogen-bond acceptors (Lipinski definition) is 5. The average Bonchev–Trinajstić information content (AvgIpc) is 3.38.